The highest BCUT2D eigenvalue weighted by Crippen LogP contribution is 2.47. The van der Waals surface area contributed by atoms with E-state index in [0.29, 0.717) is 24.0 Å². The number of rotatable bonds is 12. The Kier molecular flexibility index (Phi) is 8.69. The zero-order valence-corrected chi connectivity index (χ0v) is 17.4. The molecule has 0 radical (unpaired) electrons. The summed E-state index contributed by atoms with van der Waals surface area (Å²) in [4.78, 5) is 10.6. The third kappa shape index (κ3) is 6.52. The molecule has 4 heteroatoms. The van der Waals surface area contributed by atoms with E-state index in [0.717, 1.165) is 25.0 Å². The van der Waals surface area contributed by atoms with Gasteiger partial charge in [-0.15, -0.1) is 0 Å². The molecule has 2 heterocycles. The summed E-state index contributed by atoms with van der Waals surface area (Å²) >= 11 is 2.01. The van der Waals surface area contributed by atoms with Crippen LogP contribution in [0.15, 0.2) is 48.6 Å². The molecule has 0 unspecified atom stereocenters. The number of carbonyl (C=O) groups is 1. The number of aliphatic carboxylic acids is 1. The summed E-state index contributed by atoms with van der Waals surface area (Å²) in [5.41, 5.74) is 1.26. The van der Waals surface area contributed by atoms with Gasteiger partial charge in [-0.25, -0.2) is 0 Å². The van der Waals surface area contributed by atoms with Crippen LogP contribution in [-0.2, 0) is 9.53 Å². The van der Waals surface area contributed by atoms with Crippen LogP contribution < -0.4 is 0 Å². The van der Waals surface area contributed by atoms with Gasteiger partial charge in [0.15, 0.2) is 0 Å². The second-order valence-electron chi connectivity index (χ2n) is 7.79. The molecule has 2 fully saturated rings. The highest BCUT2D eigenvalue weighted by atomic mass is 32.2. The number of allylic oxidation sites excluding steroid dienone is 2. The zero-order chi connectivity index (χ0) is 19.6. The lowest BCUT2D eigenvalue weighted by Gasteiger charge is -2.27. The van der Waals surface area contributed by atoms with Crippen molar-refractivity contribution in [2.75, 3.05) is 11.5 Å². The first-order valence-electron chi connectivity index (χ1n) is 10.6. The molecule has 2 saturated heterocycles. The van der Waals surface area contributed by atoms with Crippen LogP contribution in [0.2, 0.25) is 0 Å². The Labute approximate surface area is 173 Å². The second-order valence-corrected chi connectivity index (χ2v) is 8.94. The first kappa shape index (κ1) is 21.2. The molecule has 0 saturated carbocycles. The molecule has 0 aromatic heterocycles. The molecule has 2 bridgehead atoms. The number of carboxylic acids is 1. The summed E-state index contributed by atoms with van der Waals surface area (Å²) in [7, 11) is 0. The van der Waals surface area contributed by atoms with Crippen LogP contribution in [0.3, 0.4) is 0 Å². The third-order valence-electron chi connectivity index (χ3n) is 5.85. The first-order valence-corrected chi connectivity index (χ1v) is 11.7. The van der Waals surface area contributed by atoms with Crippen molar-refractivity contribution in [3.05, 3.63) is 54.1 Å². The minimum absolute atomic E-state index is 0.264. The molecule has 1 aromatic rings. The molecule has 28 heavy (non-hydrogen) atoms. The molecule has 0 spiro atoms. The van der Waals surface area contributed by atoms with Gasteiger partial charge in [0, 0.05) is 12.2 Å². The number of hydrogen-bond acceptors (Lipinski definition) is 3. The predicted octanol–water partition coefficient (Wildman–Crippen LogP) is 5.82. The predicted molar refractivity (Wildman–Crippen MR) is 118 cm³/mol. The second kappa shape index (κ2) is 11.5. The number of carboxylic acid groups (broad SMARTS) is 1. The number of ether oxygens (including phenoxy) is 1. The van der Waals surface area contributed by atoms with E-state index in [9.17, 15) is 4.79 Å². The Hall–Kier alpha value is -1.52. The quantitative estimate of drug-likeness (QED) is 0.355. The highest BCUT2D eigenvalue weighted by molar-refractivity contribution is 7.99. The lowest BCUT2D eigenvalue weighted by molar-refractivity contribution is -0.137. The van der Waals surface area contributed by atoms with Crippen molar-refractivity contribution < 1.29 is 14.6 Å². The summed E-state index contributed by atoms with van der Waals surface area (Å²) in [6.45, 7) is 0. The first-order chi connectivity index (χ1) is 13.7. The Morgan fingerprint density at radius 3 is 2.68 bits per heavy atom. The van der Waals surface area contributed by atoms with Crippen molar-refractivity contribution >= 4 is 23.8 Å². The van der Waals surface area contributed by atoms with Gasteiger partial charge in [-0.2, -0.15) is 11.8 Å². The van der Waals surface area contributed by atoms with Gasteiger partial charge in [0.25, 0.3) is 0 Å². The van der Waals surface area contributed by atoms with Gasteiger partial charge in [-0.1, -0.05) is 54.6 Å². The average Bonchev–Trinajstić information content (AvgIpc) is 3.30. The Balaban J connectivity index is 1.35. The molecule has 3 nitrogen and oxygen atoms in total. The third-order valence-corrected chi connectivity index (χ3v) is 6.80. The largest absolute Gasteiger partial charge is 0.481 e. The van der Waals surface area contributed by atoms with Crippen molar-refractivity contribution in [1.29, 1.82) is 0 Å². The number of unbranched alkanes of at least 4 members (excludes halogenated alkanes) is 1. The van der Waals surface area contributed by atoms with Crippen molar-refractivity contribution in [1.82, 2.24) is 0 Å². The van der Waals surface area contributed by atoms with E-state index in [1.165, 1.54) is 30.6 Å². The Bertz CT molecular complexity index is 655. The van der Waals surface area contributed by atoms with E-state index < -0.39 is 5.97 Å². The SMILES string of the molecule is O=C(O)CCCC=CC[C@@H]1[C@@H](CCSCC=Cc2ccccc2)[C@@H]2CC[C@H]1O2. The summed E-state index contributed by atoms with van der Waals surface area (Å²) in [5.74, 6) is 2.88. The van der Waals surface area contributed by atoms with Crippen LogP contribution in [0.4, 0.5) is 0 Å². The van der Waals surface area contributed by atoms with E-state index in [4.69, 9.17) is 9.84 Å². The monoisotopic (exact) mass is 400 g/mol. The Morgan fingerprint density at radius 1 is 1.11 bits per heavy atom. The van der Waals surface area contributed by atoms with Crippen LogP contribution in [0.5, 0.6) is 0 Å². The van der Waals surface area contributed by atoms with Gasteiger partial charge in [0.05, 0.1) is 12.2 Å². The van der Waals surface area contributed by atoms with Crippen molar-refractivity contribution in [2.24, 2.45) is 11.8 Å². The molecule has 0 aliphatic carbocycles. The Morgan fingerprint density at radius 2 is 1.89 bits per heavy atom. The van der Waals surface area contributed by atoms with E-state index in [-0.39, 0.29) is 6.42 Å². The smallest absolute Gasteiger partial charge is 0.303 e. The number of hydrogen-bond donors (Lipinski definition) is 1. The van der Waals surface area contributed by atoms with E-state index >= 15 is 0 Å². The summed E-state index contributed by atoms with van der Waals surface area (Å²) < 4.78 is 6.21. The van der Waals surface area contributed by atoms with E-state index in [1.54, 1.807) is 0 Å². The number of fused-ring (bicyclic) bond motifs is 2. The molecule has 3 rings (SSSR count). The maximum atomic E-state index is 10.6. The number of thioether (sulfide) groups is 1. The fourth-order valence-electron chi connectivity index (χ4n) is 4.46. The summed E-state index contributed by atoms with van der Waals surface area (Å²) in [5, 5.41) is 8.70. The van der Waals surface area contributed by atoms with Crippen LogP contribution in [0.25, 0.3) is 6.08 Å². The minimum Gasteiger partial charge on any atom is -0.481 e. The van der Waals surface area contributed by atoms with E-state index in [2.05, 4.69) is 48.6 Å². The fourth-order valence-corrected chi connectivity index (χ4v) is 5.30. The summed E-state index contributed by atoms with van der Waals surface area (Å²) in [6.07, 6.45) is 16.4. The van der Waals surface area contributed by atoms with Crippen LogP contribution in [0.1, 0.15) is 50.5 Å². The zero-order valence-electron chi connectivity index (χ0n) is 16.5. The van der Waals surface area contributed by atoms with Crippen LogP contribution in [0, 0.1) is 11.8 Å². The molecule has 2 aliphatic heterocycles. The maximum Gasteiger partial charge on any atom is 0.303 e. The molecular formula is C24H32O3S. The van der Waals surface area contributed by atoms with Crippen LogP contribution >= 0.6 is 11.8 Å². The lowest BCUT2D eigenvalue weighted by atomic mass is 9.76. The summed E-state index contributed by atoms with van der Waals surface area (Å²) in [6, 6.07) is 10.5. The lowest BCUT2D eigenvalue weighted by Crippen LogP contribution is -2.27. The van der Waals surface area contributed by atoms with Gasteiger partial charge < -0.3 is 9.84 Å². The molecule has 1 N–H and O–H groups in total. The van der Waals surface area contributed by atoms with Gasteiger partial charge in [0.1, 0.15) is 0 Å². The van der Waals surface area contributed by atoms with Crippen molar-refractivity contribution in [3.8, 4) is 0 Å². The van der Waals surface area contributed by atoms with Gasteiger partial charge in [0.2, 0.25) is 0 Å². The molecule has 4 atom stereocenters. The molecule has 1 aromatic carbocycles. The molecule has 152 valence electrons. The maximum absolute atomic E-state index is 10.6. The average molecular weight is 401 g/mol. The van der Waals surface area contributed by atoms with Crippen LogP contribution in [-0.4, -0.2) is 34.8 Å². The highest BCUT2D eigenvalue weighted by Gasteiger charge is 2.47. The van der Waals surface area contributed by atoms with Gasteiger partial charge in [-0.05, 0) is 61.7 Å². The molecular weight excluding hydrogens is 368 g/mol. The van der Waals surface area contributed by atoms with Gasteiger partial charge in [-0.3, -0.25) is 4.79 Å². The normalized spacial score (nSPS) is 26.6. The van der Waals surface area contributed by atoms with Crippen molar-refractivity contribution in [3.63, 3.8) is 0 Å². The molecule has 0 amide bonds. The van der Waals surface area contributed by atoms with Gasteiger partial charge >= 0.3 is 5.97 Å². The fraction of sp³-hybridized carbons (Fsp3) is 0.542. The van der Waals surface area contributed by atoms with Crippen molar-refractivity contribution in [2.45, 2.75) is 57.2 Å². The standard InChI is InChI=1S/C24H32O3S/c25-24(26)13-7-2-1-6-12-20-21(23-15-14-22(20)27-23)16-18-28-17-8-11-19-9-4-3-5-10-19/h1,3-6,8-11,20-23H,2,7,12-18H2,(H,25,26)/t20-,21-,22-,23+/m1/s1. The molecule has 2 aliphatic rings. The number of benzene rings is 1. The van der Waals surface area contributed by atoms with E-state index in [1.807, 2.05) is 17.8 Å². The topological polar surface area (TPSA) is 46.5 Å². The minimum atomic E-state index is -0.703.